The SMILES string of the molecule is Cc1nccc(O[C@H]2CCN(C(=O)N3CCNC3=O)C2)n1. The first-order chi connectivity index (χ1) is 10.1. The Bertz CT molecular complexity index is 564. The van der Waals surface area contributed by atoms with Gasteiger partial charge in [0.05, 0.1) is 6.54 Å². The number of aromatic nitrogens is 2. The Labute approximate surface area is 122 Å². The van der Waals surface area contributed by atoms with Gasteiger partial charge in [-0.2, -0.15) is 4.98 Å². The lowest BCUT2D eigenvalue weighted by atomic mass is 10.3. The molecule has 2 aliphatic rings. The van der Waals surface area contributed by atoms with Crippen LogP contribution < -0.4 is 10.1 Å². The second-order valence-electron chi connectivity index (χ2n) is 5.08. The van der Waals surface area contributed by atoms with Crippen LogP contribution in [0.1, 0.15) is 12.2 Å². The van der Waals surface area contributed by atoms with Crippen molar-refractivity contribution in [3.8, 4) is 5.88 Å². The van der Waals surface area contributed by atoms with Crippen LogP contribution in [0.5, 0.6) is 5.88 Å². The van der Waals surface area contributed by atoms with Gasteiger partial charge in [0, 0.05) is 38.3 Å². The highest BCUT2D eigenvalue weighted by Gasteiger charge is 2.35. The molecule has 0 aromatic carbocycles. The van der Waals surface area contributed by atoms with Crippen molar-refractivity contribution in [1.29, 1.82) is 0 Å². The van der Waals surface area contributed by atoms with Crippen LogP contribution in [-0.4, -0.2) is 64.1 Å². The molecule has 1 N–H and O–H groups in total. The number of carbonyl (C=O) groups is 2. The summed E-state index contributed by atoms with van der Waals surface area (Å²) >= 11 is 0. The number of likely N-dealkylation sites (tertiary alicyclic amines) is 1. The van der Waals surface area contributed by atoms with Gasteiger partial charge in [-0.25, -0.2) is 19.5 Å². The summed E-state index contributed by atoms with van der Waals surface area (Å²) < 4.78 is 5.76. The number of nitrogens with one attached hydrogen (secondary N) is 1. The Morgan fingerprint density at radius 1 is 1.48 bits per heavy atom. The highest BCUT2D eigenvalue weighted by atomic mass is 16.5. The predicted molar refractivity (Wildman–Crippen MR) is 72.9 cm³/mol. The molecule has 1 atom stereocenters. The summed E-state index contributed by atoms with van der Waals surface area (Å²) in [6.07, 6.45) is 2.27. The molecule has 3 heterocycles. The number of aryl methyl sites for hydroxylation is 1. The third-order valence-electron chi connectivity index (χ3n) is 3.54. The highest BCUT2D eigenvalue weighted by Crippen LogP contribution is 2.18. The van der Waals surface area contributed by atoms with E-state index in [2.05, 4.69) is 15.3 Å². The number of nitrogens with zero attached hydrogens (tertiary/aromatic N) is 4. The second-order valence-corrected chi connectivity index (χ2v) is 5.08. The quantitative estimate of drug-likeness (QED) is 0.851. The molecule has 3 rings (SSSR count). The summed E-state index contributed by atoms with van der Waals surface area (Å²) in [4.78, 5) is 34.8. The smallest absolute Gasteiger partial charge is 0.328 e. The normalized spacial score (nSPS) is 21.6. The third kappa shape index (κ3) is 2.88. The van der Waals surface area contributed by atoms with Gasteiger partial charge in [0.1, 0.15) is 11.9 Å². The number of imide groups is 1. The largest absolute Gasteiger partial charge is 0.472 e. The summed E-state index contributed by atoms with van der Waals surface area (Å²) in [5, 5.41) is 2.62. The van der Waals surface area contributed by atoms with Crippen LogP contribution >= 0.6 is 0 Å². The molecular formula is C13H17N5O3. The molecule has 1 aromatic heterocycles. The Kier molecular flexibility index (Phi) is 3.59. The molecule has 0 bridgehead atoms. The number of urea groups is 2. The van der Waals surface area contributed by atoms with Crippen molar-refractivity contribution in [3.05, 3.63) is 18.1 Å². The van der Waals surface area contributed by atoms with Gasteiger partial charge in [-0.15, -0.1) is 0 Å². The monoisotopic (exact) mass is 291 g/mol. The minimum absolute atomic E-state index is 0.103. The van der Waals surface area contributed by atoms with E-state index < -0.39 is 0 Å². The van der Waals surface area contributed by atoms with Crippen LogP contribution in [0, 0.1) is 6.92 Å². The minimum atomic E-state index is -0.323. The average Bonchev–Trinajstić information content (AvgIpc) is 3.07. The van der Waals surface area contributed by atoms with Crippen molar-refractivity contribution in [2.75, 3.05) is 26.2 Å². The second kappa shape index (κ2) is 5.55. The first-order valence-corrected chi connectivity index (χ1v) is 6.94. The van der Waals surface area contributed by atoms with E-state index in [1.165, 1.54) is 4.90 Å². The van der Waals surface area contributed by atoms with Gasteiger partial charge in [-0.3, -0.25) is 0 Å². The molecule has 2 saturated heterocycles. The fourth-order valence-electron chi connectivity index (χ4n) is 2.49. The summed E-state index contributed by atoms with van der Waals surface area (Å²) in [6.45, 7) is 3.77. The fraction of sp³-hybridized carbons (Fsp3) is 0.538. The lowest BCUT2D eigenvalue weighted by molar-refractivity contribution is 0.160. The lowest BCUT2D eigenvalue weighted by Gasteiger charge is -2.21. The molecule has 0 radical (unpaired) electrons. The zero-order valence-corrected chi connectivity index (χ0v) is 11.8. The van der Waals surface area contributed by atoms with Gasteiger partial charge in [0.25, 0.3) is 0 Å². The van der Waals surface area contributed by atoms with Crippen molar-refractivity contribution in [3.63, 3.8) is 0 Å². The van der Waals surface area contributed by atoms with Gasteiger partial charge in [0.15, 0.2) is 0 Å². The molecule has 21 heavy (non-hydrogen) atoms. The topological polar surface area (TPSA) is 87.7 Å². The number of hydrogen-bond donors (Lipinski definition) is 1. The number of hydrogen-bond acceptors (Lipinski definition) is 5. The Balaban J connectivity index is 1.58. The maximum Gasteiger partial charge on any atom is 0.328 e. The van der Waals surface area contributed by atoms with Crippen LogP contribution in [0.25, 0.3) is 0 Å². The van der Waals surface area contributed by atoms with E-state index in [1.54, 1.807) is 24.1 Å². The molecule has 8 nitrogen and oxygen atoms in total. The van der Waals surface area contributed by atoms with Crippen LogP contribution in [-0.2, 0) is 0 Å². The Morgan fingerprint density at radius 2 is 2.33 bits per heavy atom. The van der Waals surface area contributed by atoms with E-state index in [4.69, 9.17) is 4.74 Å². The summed E-state index contributed by atoms with van der Waals surface area (Å²) in [6, 6.07) is 1.12. The zero-order valence-electron chi connectivity index (χ0n) is 11.8. The van der Waals surface area contributed by atoms with E-state index in [1.807, 2.05) is 0 Å². The van der Waals surface area contributed by atoms with E-state index in [0.29, 0.717) is 37.9 Å². The van der Waals surface area contributed by atoms with Crippen LogP contribution in [0.15, 0.2) is 12.3 Å². The Morgan fingerprint density at radius 3 is 3.05 bits per heavy atom. The number of carbonyl (C=O) groups excluding carboxylic acids is 2. The molecule has 1 aromatic rings. The molecule has 8 heteroatoms. The first kappa shape index (κ1) is 13.6. The van der Waals surface area contributed by atoms with Gasteiger partial charge >= 0.3 is 12.1 Å². The van der Waals surface area contributed by atoms with Crippen LogP contribution in [0.3, 0.4) is 0 Å². The molecule has 4 amide bonds. The lowest BCUT2D eigenvalue weighted by Crippen LogP contribution is -2.44. The summed E-state index contributed by atoms with van der Waals surface area (Å²) in [5.41, 5.74) is 0. The predicted octanol–water partition coefficient (Wildman–Crippen LogP) is 0.383. The number of amides is 4. The number of rotatable bonds is 2. The fourth-order valence-corrected chi connectivity index (χ4v) is 2.49. The van der Waals surface area contributed by atoms with Crippen LogP contribution in [0.4, 0.5) is 9.59 Å². The summed E-state index contributed by atoms with van der Waals surface area (Å²) in [5.74, 6) is 1.16. The van der Waals surface area contributed by atoms with Crippen molar-refractivity contribution < 1.29 is 14.3 Å². The van der Waals surface area contributed by atoms with Crippen molar-refractivity contribution >= 4 is 12.1 Å². The maximum absolute atomic E-state index is 12.2. The minimum Gasteiger partial charge on any atom is -0.472 e. The zero-order chi connectivity index (χ0) is 14.8. The van der Waals surface area contributed by atoms with E-state index in [-0.39, 0.29) is 18.2 Å². The molecule has 0 unspecified atom stereocenters. The van der Waals surface area contributed by atoms with Gasteiger partial charge in [-0.05, 0) is 6.92 Å². The first-order valence-electron chi connectivity index (χ1n) is 6.94. The molecule has 112 valence electrons. The molecule has 0 spiro atoms. The van der Waals surface area contributed by atoms with Crippen molar-refractivity contribution in [2.45, 2.75) is 19.4 Å². The molecule has 0 saturated carbocycles. The van der Waals surface area contributed by atoms with Crippen molar-refractivity contribution in [1.82, 2.24) is 25.1 Å². The van der Waals surface area contributed by atoms with E-state index >= 15 is 0 Å². The molecule has 2 fully saturated rings. The standard InChI is InChI=1S/C13H17N5O3/c1-9-14-4-2-11(16-9)21-10-3-6-17(8-10)13(20)18-7-5-15-12(18)19/h2,4,10H,3,5-8H2,1H3,(H,15,19)/t10-/m0/s1. The van der Waals surface area contributed by atoms with E-state index in [9.17, 15) is 9.59 Å². The third-order valence-corrected chi connectivity index (χ3v) is 3.54. The summed E-state index contributed by atoms with van der Waals surface area (Å²) in [7, 11) is 0. The molecule has 0 aliphatic carbocycles. The van der Waals surface area contributed by atoms with E-state index in [0.717, 1.165) is 6.42 Å². The highest BCUT2D eigenvalue weighted by molar-refractivity contribution is 5.95. The van der Waals surface area contributed by atoms with Crippen LogP contribution in [0.2, 0.25) is 0 Å². The maximum atomic E-state index is 12.2. The average molecular weight is 291 g/mol. The van der Waals surface area contributed by atoms with Gasteiger partial charge < -0.3 is 15.0 Å². The van der Waals surface area contributed by atoms with Crippen molar-refractivity contribution in [2.24, 2.45) is 0 Å². The van der Waals surface area contributed by atoms with Gasteiger partial charge in [0.2, 0.25) is 5.88 Å². The molecule has 2 aliphatic heterocycles. The number of ether oxygens (including phenoxy) is 1. The Hall–Kier alpha value is -2.38. The van der Waals surface area contributed by atoms with Gasteiger partial charge in [-0.1, -0.05) is 0 Å². The molecular weight excluding hydrogens is 274 g/mol.